The van der Waals surface area contributed by atoms with Crippen molar-refractivity contribution in [2.75, 3.05) is 11.9 Å². The SMILES string of the molecule is Cc1ccc(C(CN)Nc2ccccc2)s1. The fourth-order valence-electron chi connectivity index (χ4n) is 1.62. The normalized spacial score (nSPS) is 12.4. The molecule has 84 valence electrons. The molecule has 3 heteroatoms. The summed E-state index contributed by atoms with van der Waals surface area (Å²) in [5, 5.41) is 3.44. The van der Waals surface area contributed by atoms with Crippen LogP contribution in [0, 0.1) is 6.92 Å². The Kier molecular flexibility index (Phi) is 3.59. The van der Waals surface area contributed by atoms with Crippen LogP contribution in [0.1, 0.15) is 15.8 Å². The predicted octanol–water partition coefficient (Wildman–Crippen LogP) is 3.17. The Balaban J connectivity index is 2.12. The zero-order valence-corrected chi connectivity index (χ0v) is 10.1. The molecular formula is C13H16N2S. The average molecular weight is 232 g/mol. The second-order valence-electron chi connectivity index (χ2n) is 3.75. The second kappa shape index (κ2) is 5.14. The Morgan fingerprint density at radius 2 is 1.94 bits per heavy atom. The molecule has 0 fully saturated rings. The van der Waals surface area contributed by atoms with Crippen LogP contribution in [-0.2, 0) is 0 Å². The van der Waals surface area contributed by atoms with Crippen molar-refractivity contribution in [1.29, 1.82) is 0 Å². The first-order chi connectivity index (χ1) is 7.79. The van der Waals surface area contributed by atoms with Crippen molar-refractivity contribution in [3.8, 4) is 0 Å². The molecule has 16 heavy (non-hydrogen) atoms. The van der Waals surface area contributed by atoms with Crippen molar-refractivity contribution in [3.63, 3.8) is 0 Å². The van der Waals surface area contributed by atoms with E-state index in [1.807, 2.05) is 18.2 Å². The smallest absolute Gasteiger partial charge is 0.0728 e. The van der Waals surface area contributed by atoms with Crippen molar-refractivity contribution in [2.45, 2.75) is 13.0 Å². The molecule has 1 aromatic heterocycles. The molecule has 3 N–H and O–H groups in total. The fraction of sp³-hybridized carbons (Fsp3) is 0.231. The lowest BCUT2D eigenvalue weighted by Gasteiger charge is -2.16. The number of para-hydroxylation sites is 1. The zero-order chi connectivity index (χ0) is 11.4. The predicted molar refractivity (Wildman–Crippen MR) is 70.9 cm³/mol. The molecule has 2 rings (SSSR count). The van der Waals surface area contributed by atoms with Crippen LogP contribution in [0.5, 0.6) is 0 Å². The van der Waals surface area contributed by atoms with E-state index in [0.29, 0.717) is 6.54 Å². The van der Waals surface area contributed by atoms with Gasteiger partial charge in [0.2, 0.25) is 0 Å². The van der Waals surface area contributed by atoms with Crippen LogP contribution in [0.25, 0.3) is 0 Å². The minimum atomic E-state index is 0.209. The van der Waals surface area contributed by atoms with Gasteiger partial charge in [0.1, 0.15) is 0 Å². The first-order valence-corrected chi connectivity index (χ1v) is 6.19. The standard InChI is InChI=1S/C13H16N2S/c1-10-7-8-13(16-10)12(9-14)15-11-5-3-2-4-6-11/h2-8,12,15H,9,14H2,1H3. The maximum atomic E-state index is 5.81. The molecule has 0 saturated carbocycles. The van der Waals surface area contributed by atoms with Gasteiger partial charge in [0.25, 0.3) is 0 Å². The number of hydrogen-bond acceptors (Lipinski definition) is 3. The maximum Gasteiger partial charge on any atom is 0.0728 e. The summed E-state index contributed by atoms with van der Waals surface area (Å²) in [6.45, 7) is 2.72. The third kappa shape index (κ3) is 2.62. The van der Waals surface area contributed by atoms with Crippen molar-refractivity contribution >= 4 is 17.0 Å². The highest BCUT2D eigenvalue weighted by Gasteiger charge is 2.10. The first-order valence-electron chi connectivity index (χ1n) is 5.37. The highest BCUT2D eigenvalue weighted by atomic mass is 32.1. The van der Waals surface area contributed by atoms with E-state index in [4.69, 9.17) is 5.73 Å². The third-order valence-corrected chi connectivity index (χ3v) is 3.57. The highest BCUT2D eigenvalue weighted by molar-refractivity contribution is 7.12. The van der Waals surface area contributed by atoms with Crippen LogP contribution in [0.3, 0.4) is 0 Å². The minimum Gasteiger partial charge on any atom is -0.376 e. The van der Waals surface area contributed by atoms with Crippen LogP contribution < -0.4 is 11.1 Å². The molecular weight excluding hydrogens is 216 g/mol. The zero-order valence-electron chi connectivity index (χ0n) is 9.31. The summed E-state index contributed by atoms with van der Waals surface area (Å²) < 4.78 is 0. The molecule has 1 unspecified atom stereocenters. The van der Waals surface area contributed by atoms with E-state index in [1.54, 1.807) is 11.3 Å². The number of rotatable bonds is 4. The van der Waals surface area contributed by atoms with E-state index in [0.717, 1.165) is 5.69 Å². The van der Waals surface area contributed by atoms with E-state index in [1.165, 1.54) is 9.75 Å². The molecule has 0 bridgehead atoms. The average Bonchev–Trinajstić information content (AvgIpc) is 2.74. The van der Waals surface area contributed by atoms with Gasteiger partial charge in [0, 0.05) is 22.0 Å². The van der Waals surface area contributed by atoms with Crippen molar-refractivity contribution in [1.82, 2.24) is 0 Å². The van der Waals surface area contributed by atoms with E-state index in [9.17, 15) is 0 Å². The Bertz CT molecular complexity index is 436. The van der Waals surface area contributed by atoms with Crippen molar-refractivity contribution < 1.29 is 0 Å². The van der Waals surface area contributed by atoms with E-state index >= 15 is 0 Å². The van der Waals surface area contributed by atoms with Gasteiger partial charge < -0.3 is 11.1 Å². The molecule has 2 aromatic rings. The van der Waals surface area contributed by atoms with Crippen molar-refractivity contribution in [2.24, 2.45) is 5.73 Å². The quantitative estimate of drug-likeness (QED) is 0.849. The summed E-state index contributed by atoms with van der Waals surface area (Å²) in [7, 11) is 0. The molecule has 1 aromatic carbocycles. The lowest BCUT2D eigenvalue weighted by atomic mass is 10.2. The number of benzene rings is 1. The fourth-order valence-corrected chi connectivity index (χ4v) is 2.56. The van der Waals surface area contributed by atoms with E-state index in [-0.39, 0.29) is 6.04 Å². The second-order valence-corrected chi connectivity index (χ2v) is 5.07. The van der Waals surface area contributed by atoms with Crippen LogP contribution in [0.15, 0.2) is 42.5 Å². The van der Waals surface area contributed by atoms with Gasteiger partial charge in [0.05, 0.1) is 6.04 Å². The Morgan fingerprint density at radius 3 is 2.50 bits per heavy atom. The van der Waals surface area contributed by atoms with Crippen LogP contribution >= 0.6 is 11.3 Å². The summed E-state index contributed by atoms with van der Waals surface area (Å²) in [6, 6.07) is 14.7. The molecule has 0 aliphatic carbocycles. The molecule has 0 spiro atoms. The topological polar surface area (TPSA) is 38.0 Å². The summed E-state index contributed by atoms with van der Waals surface area (Å²) in [4.78, 5) is 2.62. The Morgan fingerprint density at radius 1 is 1.19 bits per heavy atom. The summed E-state index contributed by atoms with van der Waals surface area (Å²) in [5.41, 5.74) is 6.92. The third-order valence-electron chi connectivity index (χ3n) is 2.45. The monoisotopic (exact) mass is 232 g/mol. The van der Waals surface area contributed by atoms with Crippen LogP contribution in [0.4, 0.5) is 5.69 Å². The number of nitrogens with one attached hydrogen (secondary N) is 1. The van der Waals surface area contributed by atoms with Gasteiger partial charge in [-0.25, -0.2) is 0 Å². The maximum absolute atomic E-state index is 5.81. The summed E-state index contributed by atoms with van der Waals surface area (Å²) in [5.74, 6) is 0. The van der Waals surface area contributed by atoms with Crippen LogP contribution in [0.2, 0.25) is 0 Å². The van der Waals surface area contributed by atoms with Crippen LogP contribution in [-0.4, -0.2) is 6.54 Å². The number of nitrogens with two attached hydrogens (primary N) is 1. The van der Waals surface area contributed by atoms with Gasteiger partial charge in [0.15, 0.2) is 0 Å². The molecule has 0 radical (unpaired) electrons. The summed E-state index contributed by atoms with van der Waals surface area (Å²) in [6.07, 6.45) is 0. The van der Waals surface area contributed by atoms with E-state index < -0.39 is 0 Å². The van der Waals surface area contributed by atoms with Crippen molar-refractivity contribution in [3.05, 3.63) is 52.2 Å². The van der Waals surface area contributed by atoms with Gasteiger partial charge in [-0.05, 0) is 31.2 Å². The molecule has 0 aliphatic heterocycles. The number of hydrogen-bond donors (Lipinski definition) is 2. The number of aryl methyl sites for hydroxylation is 1. The molecule has 0 amide bonds. The lowest BCUT2D eigenvalue weighted by molar-refractivity contribution is 0.806. The van der Waals surface area contributed by atoms with Gasteiger partial charge in [-0.15, -0.1) is 11.3 Å². The largest absolute Gasteiger partial charge is 0.376 e. The number of anilines is 1. The minimum absolute atomic E-state index is 0.209. The Labute approximate surface area is 100 Å². The van der Waals surface area contributed by atoms with Gasteiger partial charge >= 0.3 is 0 Å². The highest BCUT2D eigenvalue weighted by Crippen LogP contribution is 2.25. The lowest BCUT2D eigenvalue weighted by Crippen LogP contribution is -2.19. The Hall–Kier alpha value is -1.32. The molecule has 0 aliphatic rings. The molecule has 1 heterocycles. The van der Waals surface area contributed by atoms with Gasteiger partial charge in [-0.2, -0.15) is 0 Å². The van der Waals surface area contributed by atoms with E-state index in [2.05, 4.69) is 36.5 Å². The number of thiophene rings is 1. The molecule has 1 atom stereocenters. The first kappa shape index (κ1) is 11.2. The molecule has 2 nitrogen and oxygen atoms in total. The molecule has 0 saturated heterocycles. The van der Waals surface area contributed by atoms with Gasteiger partial charge in [-0.3, -0.25) is 0 Å². The van der Waals surface area contributed by atoms with Gasteiger partial charge in [-0.1, -0.05) is 18.2 Å². The summed E-state index contributed by atoms with van der Waals surface area (Å²) >= 11 is 1.80.